The lowest BCUT2D eigenvalue weighted by Crippen LogP contribution is -2.51. The number of hydrogen-bond donors (Lipinski definition) is 0. The largest absolute Gasteiger partial charge is 0.461 e. The normalized spacial score (nSPS) is 30.5. The van der Waals surface area contributed by atoms with Crippen LogP contribution in [-0.2, 0) is 22.6 Å². The molecule has 0 spiro atoms. The molecule has 0 aromatic heterocycles. The second-order valence-electron chi connectivity index (χ2n) is 18.5. The lowest BCUT2D eigenvalue weighted by molar-refractivity contribution is -0.153. The highest BCUT2D eigenvalue weighted by atomic mass is 16.5. The summed E-state index contributed by atoms with van der Waals surface area (Å²) in [5.41, 5.74) is 5.01. The van der Waals surface area contributed by atoms with Crippen LogP contribution in [0, 0.1) is 46.3 Å². The molecule has 4 heteroatoms. The SMILES string of the molecule is CCN(CCCN(CC(=O)O[C@H]1CC[C@@]2(C)C(=CC[C@H]3[C@@H]4CC[C@H]([C@H](C)CCCC(C)C)[C@@]4(C)CC[C@@H]32)C1)Cc1ccccc1)Cc1ccccc1. The second-order valence-corrected chi connectivity index (χ2v) is 18.5. The summed E-state index contributed by atoms with van der Waals surface area (Å²) < 4.78 is 6.36. The minimum absolute atomic E-state index is 0.0137. The standard InChI is InChI=1S/C48H72N2O2/c1-7-49(33-38-18-10-8-11-19-38)30-15-31-50(34-39-20-12-9-13-21-39)35-46(51)52-41-26-28-47(5)40(32-41)22-23-42-44-25-24-43(37(4)17-14-16-36(2)3)48(44,6)29-27-45(42)47/h8-13,18-22,36-37,41-45H,7,14-17,23-35H2,1-6H3/t37-,41+,42+,43-,44+,45+,47+,48-/m1/s1. The molecule has 0 heterocycles. The highest BCUT2D eigenvalue weighted by Crippen LogP contribution is 2.67. The van der Waals surface area contributed by atoms with Gasteiger partial charge in [0.15, 0.2) is 0 Å². The molecule has 286 valence electrons. The van der Waals surface area contributed by atoms with E-state index in [1.54, 1.807) is 5.57 Å². The summed E-state index contributed by atoms with van der Waals surface area (Å²) >= 11 is 0. The molecule has 2 aromatic rings. The molecule has 0 N–H and O–H groups in total. The van der Waals surface area contributed by atoms with Crippen LogP contribution in [0.2, 0.25) is 0 Å². The van der Waals surface area contributed by atoms with E-state index in [0.717, 1.165) is 87.5 Å². The lowest BCUT2D eigenvalue weighted by atomic mass is 9.47. The Morgan fingerprint density at radius 1 is 0.808 bits per heavy atom. The van der Waals surface area contributed by atoms with Crippen LogP contribution in [0.15, 0.2) is 72.3 Å². The van der Waals surface area contributed by atoms with E-state index >= 15 is 0 Å². The number of ether oxygens (including phenoxy) is 1. The van der Waals surface area contributed by atoms with Crippen molar-refractivity contribution in [1.82, 2.24) is 9.80 Å². The number of carbonyl (C=O) groups excluding carboxylic acids is 1. The number of allylic oxidation sites excluding steroid dienone is 1. The molecule has 4 aliphatic carbocycles. The topological polar surface area (TPSA) is 32.8 Å². The van der Waals surface area contributed by atoms with Crippen molar-refractivity contribution in [3.8, 4) is 0 Å². The number of benzene rings is 2. The molecule has 3 saturated carbocycles. The number of rotatable bonds is 17. The molecular formula is C48H72N2O2. The summed E-state index contributed by atoms with van der Waals surface area (Å²) in [6, 6.07) is 21.3. The highest BCUT2D eigenvalue weighted by Gasteiger charge is 2.59. The molecule has 0 aliphatic heterocycles. The summed E-state index contributed by atoms with van der Waals surface area (Å²) in [6.07, 6.45) is 17.9. The molecule has 0 unspecified atom stereocenters. The number of esters is 1. The maximum atomic E-state index is 13.6. The van der Waals surface area contributed by atoms with Crippen LogP contribution >= 0.6 is 0 Å². The van der Waals surface area contributed by atoms with Crippen LogP contribution < -0.4 is 0 Å². The predicted molar refractivity (Wildman–Crippen MR) is 217 cm³/mol. The van der Waals surface area contributed by atoms with Gasteiger partial charge < -0.3 is 4.74 Å². The van der Waals surface area contributed by atoms with Crippen molar-refractivity contribution < 1.29 is 9.53 Å². The van der Waals surface area contributed by atoms with Crippen molar-refractivity contribution in [3.05, 3.63) is 83.4 Å². The van der Waals surface area contributed by atoms with E-state index in [1.807, 2.05) is 0 Å². The third-order valence-corrected chi connectivity index (χ3v) is 14.8. The van der Waals surface area contributed by atoms with Crippen LogP contribution in [-0.4, -0.2) is 48.1 Å². The van der Waals surface area contributed by atoms with Gasteiger partial charge in [-0.3, -0.25) is 14.6 Å². The minimum atomic E-state index is -0.0524. The second kappa shape index (κ2) is 17.8. The molecule has 0 bridgehead atoms. The minimum Gasteiger partial charge on any atom is -0.461 e. The molecule has 8 atom stereocenters. The molecule has 0 radical (unpaired) electrons. The Labute approximate surface area is 318 Å². The first-order chi connectivity index (χ1) is 25.1. The zero-order valence-electron chi connectivity index (χ0n) is 33.8. The average molecular weight is 709 g/mol. The van der Waals surface area contributed by atoms with Gasteiger partial charge in [0.2, 0.25) is 0 Å². The quantitative estimate of drug-likeness (QED) is 0.121. The Hall–Kier alpha value is -2.43. The number of carbonyl (C=O) groups is 1. The van der Waals surface area contributed by atoms with Gasteiger partial charge in [-0.1, -0.05) is 133 Å². The molecule has 0 amide bonds. The van der Waals surface area contributed by atoms with E-state index in [9.17, 15) is 4.79 Å². The van der Waals surface area contributed by atoms with Gasteiger partial charge >= 0.3 is 5.97 Å². The molecule has 0 saturated heterocycles. The summed E-state index contributed by atoms with van der Waals surface area (Å²) in [4.78, 5) is 18.4. The van der Waals surface area contributed by atoms with E-state index in [0.29, 0.717) is 12.0 Å². The first kappa shape index (κ1) is 39.3. The predicted octanol–water partition coefficient (Wildman–Crippen LogP) is 11.4. The molecule has 4 nitrogen and oxygen atoms in total. The van der Waals surface area contributed by atoms with Crippen molar-refractivity contribution >= 4 is 5.97 Å². The van der Waals surface area contributed by atoms with Crippen molar-refractivity contribution in [2.75, 3.05) is 26.2 Å². The van der Waals surface area contributed by atoms with E-state index in [4.69, 9.17) is 4.74 Å². The maximum Gasteiger partial charge on any atom is 0.320 e. The van der Waals surface area contributed by atoms with Gasteiger partial charge in [0.05, 0.1) is 6.54 Å². The Balaban J connectivity index is 1.03. The molecule has 3 fully saturated rings. The fourth-order valence-electron chi connectivity index (χ4n) is 11.9. The molecule has 2 aromatic carbocycles. The fourth-order valence-corrected chi connectivity index (χ4v) is 11.9. The Bertz CT molecular complexity index is 1440. The molecule has 4 aliphatic rings. The Kier molecular flexibility index (Phi) is 13.4. The van der Waals surface area contributed by atoms with E-state index in [2.05, 4.69) is 118 Å². The fraction of sp³-hybridized carbons (Fsp3) is 0.688. The summed E-state index contributed by atoms with van der Waals surface area (Å²) in [6.45, 7) is 19.9. The summed E-state index contributed by atoms with van der Waals surface area (Å²) in [5.74, 6) is 5.04. The molecule has 6 rings (SSSR count). The van der Waals surface area contributed by atoms with Crippen molar-refractivity contribution in [2.45, 2.75) is 138 Å². The lowest BCUT2D eigenvalue weighted by Gasteiger charge is -2.58. The zero-order chi connectivity index (χ0) is 36.7. The highest BCUT2D eigenvalue weighted by molar-refractivity contribution is 5.72. The zero-order valence-corrected chi connectivity index (χ0v) is 33.8. The monoisotopic (exact) mass is 709 g/mol. The third kappa shape index (κ3) is 9.26. The number of hydrogen-bond acceptors (Lipinski definition) is 4. The van der Waals surface area contributed by atoms with E-state index < -0.39 is 0 Å². The Morgan fingerprint density at radius 3 is 2.15 bits per heavy atom. The van der Waals surface area contributed by atoms with Gasteiger partial charge in [0.1, 0.15) is 6.10 Å². The Morgan fingerprint density at radius 2 is 1.48 bits per heavy atom. The van der Waals surface area contributed by atoms with Gasteiger partial charge in [0.25, 0.3) is 0 Å². The number of fused-ring (bicyclic) bond motifs is 5. The summed E-state index contributed by atoms with van der Waals surface area (Å²) in [7, 11) is 0. The van der Waals surface area contributed by atoms with Gasteiger partial charge in [-0.05, 0) is 122 Å². The van der Waals surface area contributed by atoms with Crippen molar-refractivity contribution in [1.29, 1.82) is 0 Å². The van der Waals surface area contributed by atoms with E-state index in [-0.39, 0.29) is 17.5 Å². The van der Waals surface area contributed by atoms with Gasteiger partial charge in [-0.2, -0.15) is 0 Å². The van der Waals surface area contributed by atoms with Gasteiger partial charge in [-0.25, -0.2) is 0 Å². The van der Waals surface area contributed by atoms with Crippen LogP contribution in [0.3, 0.4) is 0 Å². The first-order valence-electron chi connectivity index (χ1n) is 21.5. The van der Waals surface area contributed by atoms with Gasteiger partial charge in [-0.15, -0.1) is 0 Å². The van der Waals surface area contributed by atoms with Gasteiger partial charge in [0, 0.05) is 26.1 Å². The molecule has 52 heavy (non-hydrogen) atoms. The van der Waals surface area contributed by atoms with Crippen LogP contribution in [0.1, 0.15) is 130 Å². The van der Waals surface area contributed by atoms with Crippen molar-refractivity contribution in [3.63, 3.8) is 0 Å². The maximum absolute atomic E-state index is 13.6. The van der Waals surface area contributed by atoms with Crippen molar-refractivity contribution in [2.24, 2.45) is 46.3 Å². The molecular weight excluding hydrogens is 637 g/mol. The smallest absolute Gasteiger partial charge is 0.320 e. The van der Waals surface area contributed by atoms with Crippen LogP contribution in [0.5, 0.6) is 0 Å². The third-order valence-electron chi connectivity index (χ3n) is 14.8. The number of nitrogens with zero attached hydrogens (tertiary/aromatic N) is 2. The first-order valence-corrected chi connectivity index (χ1v) is 21.5. The summed E-state index contributed by atoms with van der Waals surface area (Å²) in [5, 5.41) is 0. The van der Waals surface area contributed by atoms with Crippen LogP contribution in [0.25, 0.3) is 0 Å². The van der Waals surface area contributed by atoms with Crippen LogP contribution in [0.4, 0.5) is 0 Å². The van der Waals surface area contributed by atoms with E-state index in [1.165, 1.54) is 68.9 Å². The average Bonchev–Trinajstić information content (AvgIpc) is 3.49.